The molecule has 20 heavy (non-hydrogen) atoms. The van der Waals surface area contributed by atoms with Crippen molar-refractivity contribution in [2.75, 3.05) is 0 Å². The number of nitrogens with two attached hydrogens (primary N) is 1. The number of hydrogen-bond donors (Lipinski definition) is 1. The summed E-state index contributed by atoms with van der Waals surface area (Å²) < 4.78 is 0.880. The van der Waals surface area contributed by atoms with Crippen LogP contribution in [0.15, 0.2) is 46.9 Å². The fourth-order valence-electron chi connectivity index (χ4n) is 2.28. The second-order valence-electron chi connectivity index (χ2n) is 5.49. The summed E-state index contributed by atoms with van der Waals surface area (Å²) in [5.74, 6) is 0.645. The zero-order valence-corrected chi connectivity index (χ0v) is 14.1. The first kappa shape index (κ1) is 15.6. The maximum Gasteiger partial charge on any atom is 0.0552 e. The van der Waals surface area contributed by atoms with Crippen molar-refractivity contribution in [3.63, 3.8) is 0 Å². The SMILES string of the molecule is CC(C)Cc1cccc(C(N)c2ccc(Cl)c(Br)c2)c1. The molecule has 0 spiro atoms. The first-order chi connectivity index (χ1) is 9.47. The van der Waals surface area contributed by atoms with E-state index in [4.69, 9.17) is 17.3 Å². The molecule has 0 radical (unpaired) electrons. The molecule has 1 nitrogen and oxygen atoms in total. The van der Waals surface area contributed by atoms with Crippen LogP contribution in [0.4, 0.5) is 0 Å². The van der Waals surface area contributed by atoms with E-state index >= 15 is 0 Å². The van der Waals surface area contributed by atoms with Crippen molar-refractivity contribution < 1.29 is 0 Å². The van der Waals surface area contributed by atoms with Crippen LogP contribution in [-0.4, -0.2) is 0 Å². The van der Waals surface area contributed by atoms with Crippen LogP contribution < -0.4 is 5.73 Å². The summed E-state index contributed by atoms with van der Waals surface area (Å²) in [4.78, 5) is 0. The minimum atomic E-state index is -0.129. The first-order valence-electron chi connectivity index (χ1n) is 6.76. The Balaban J connectivity index is 2.28. The number of rotatable bonds is 4. The molecule has 0 aliphatic heterocycles. The van der Waals surface area contributed by atoms with Gasteiger partial charge in [0.15, 0.2) is 0 Å². The van der Waals surface area contributed by atoms with E-state index < -0.39 is 0 Å². The highest BCUT2D eigenvalue weighted by Gasteiger charge is 2.11. The molecule has 0 aromatic heterocycles. The van der Waals surface area contributed by atoms with Gasteiger partial charge in [-0.1, -0.05) is 55.8 Å². The lowest BCUT2D eigenvalue weighted by Gasteiger charge is -2.15. The largest absolute Gasteiger partial charge is 0.320 e. The van der Waals surface area contributed by atoms with E-state index in [1.54, 1.807) is 0 Å². The highest BCUT2D eigenvalue weighted by molar-refractivity contribution is 9.10. The molecule has 3 heteroatoms. The highest BCUT2D eigenvalue weighted by Crippen LogP contribution is 2.28. The van der Waals surface area contributed by atoms with Gasteiger partial charge in [0.25, 0.3) is 0 Å². The third kappa shape index (κ3) is 3.85. The van der Waals surface area contributed by atoms with E-state index in [-0.39, 0.29) is 6.04 Å². The molecule has 106 valence electrons. The molecule has 2 aromatic carbocycles. The third-order valence-electron chi connectivity index (χ3n) is 3.26. The number of halogens is 2. The third-order valence-corrected chi connectivity index (χ3v) is 4.47. The molecule has 0 aliphatic carbocycles. The van der Waals surface area contributed by atoms with Crippen LogP contribution in [-0.2, 0) is 6.42 Å². The summed E-state index contributed by atoms with van der Waals surface area (Å²) in [5.41, 5.74) is 9.90. The molecule has 0 fully saturated rings. The van der Waals surface area contributed by atoms with Crippen molar-refractivity contribution >= 4 is 27.5 Å². The zero-order chi connectivity index (χ0) is 14.7. The average Bonchev–Trinajstić information content (AvgIpc) is 2.40. The van der Waals surface area contributed by atoms with E-state index in [0.29, 0.717) is 10.9 Å². The van der Waals surface area contributed by atoms with Crippen LogP contribution in [0.2, 0.25) is 5.02 Å². The van der Waals surface area contributed by atoms with Gasteiger partial charge in [-0.2, -0.15) is 0 Å². The summed E-state index contributed by atoms with van der Waals surface area (Å²) in [5, 5.41) is 0.703. The van der Waals surface area contributed by atoms with Gasteiger partial charge in [-0.05, 0) is 57.1 Å². The van der Waals surface area contributed by atoms with Gasteiger partial charge >= 0.3 is 0 Å². The molecule has 0 amide bonds. The summed E-state index contributed by atoms with van der Waals surface area (Å²) >= 11 is 9.47. The van der Waals surface area contributed by atoms with Gasteiger partial charge < -0.3 is 5.73 Å². The van der Waals surface area contributed by atoms with Crippen molar-refractivity contribution in [2.24, 2.45) is 11.7 Å². The topological polar surface area (TPSA) is 26.0 Å². The fraction of sp³-hybridized carbons (Fsp3) is 0.294. The molecule has 0 saturated heterocycles. The van der Waals surface area contributed by atoms with Gasteiger partial charge in [0, 0.05) is 4.47 Å². The molecular formula is C17H19BrClN. The molecule has 0 bridgehead atoms. The second kappa shape index (κ2) is 6.75. The van der Waals surface area contributed by atoms with Gasteiger partial charge in [-0.25, -0.2) is 0 Å². The summed E-state index contributed by atoms with van der Waals surface area (Å²) in [6.07, 6.45) is 1.07. The van der Waals surface area contributed by atoms with Crippen molar-refractivity contribution in [3.8, 4) is 0 Å². The number of hydrogen-bond acceptors (Lipinski definition) is 1. The Bertz CT molecular complexity index is 595. The van der Waals surface area contributed by atoms with E-state index in [1.807, 2.05) is 18.2 Å². The van der Waals surface area contributed by atoms with E-state index in [2.05, 4.69) is 54.0 Å². The van der Waals surface area contributed by atoms with Crippen LogP contribution in [0, 0.1) is 5.92 Å². The van der Waals surface area contributed by atoms with Gasteiger partial charge in [0.1, 0.15) is 0 Å². The van der Waals surface area contributed by atoms with Crippen LogP contribution in [0.3, 0.4) is 0 Å². The van der Waals surface area contributed by atoms with E-state index in [9.17, 15) is 0 Å². The minimum Gasteiger partial charge on any atom is -0.320 e. The molecule has 2 rings (SSSR count). The molecule has 2 aromatic rings. The Morgan fingerprint density at radius 2 is 1.80 bits per heavy atom. The Morgan fingerprint density at radius 3 is 2.45 bits per heavy atom. The monoisotopic (exact) mass is 351 g/mol. The molecule has 1 unspecified atom stereocenters. The predicted octanol–water partition coefficient (Wildman–Crippen LogP) is 5.35. The fourth-order valence-corrected chi connectivity index (χ4v) is 2.80. The molecule has 0 saturated carbocycles. The molecule has 0 aliphatic rings. The minimum absolute atomic E-state index is 0.129. The summed E-state index contributed by atoms with van der Waals surface area (Å²) in [6, 6.07) is 14.2. The zero-order valence-electron chi connectivity index (χ0n) is 11.7. The van der Waals surface area contributed by atoms with E-state index in [0.717, 1.165) is 22.0 Å². The Morgan fingerprint density at radius 1 is 1.10 bits per heavy atom. The first-order valence-corrected chi connectivity index (χ1v) is 7.94. The number of benzene rings is 2. The Labute approximate surface area is 134 Å². The van der Waals surface area contributed by atoms with Crippen LogP contribution in [0.5, 0.6) is 0 Å². The maximum atomic E-state index is 6.37. The maximum absolute atomic E-state index is 6.37. The highest BCUT2D eigenvalue weighted by atomic mass is 79.9. The summed E-state index contributed by atoms with van der Waals surface area (Å²) in [6.45, 7) is 4.45. The molecular weight excluding hydrogens is 334 g/mol. The molecule has 1 atom stereocenters. The normalized spacial score (nSPS) is 12.7. The molecule has 0 heterocycles. The van der Waals surface area contributed by atoms with Gasteiger partial charge in [0.05, 0.1) is 11.1 Å². The van der Waals surface area contributed by atoms with Gasteiger partial charge in [0.2, 0.25) is 0 Å². The smallest absolute Gasteiger partial charge is 0.0552 e. The Kier molecular flexibility index (Phi) is 5.25. The lowest BCUT2D eigenvalue weighted by molar-refractivity contribution is 0.646. The average molecular weight is 353 g/mol. The Hall–Kier alpha value is -0.830. The van der Waals surface area contributed by atoms with Crippen molar-refractivity contribution in [3.05, 3.63) is 68.7 Å². The summed E-state index contributed by atoms with van der Waals surface area (Å²) in [7, 11) is 0. The standard InChI is InChI=1S/C17H19BrClN/c1-11(2)8-12-4-3-5-13(9-12)17(20)14-6-7-16(19)15(18)10-14/h3-7,9-11,17H,8,20H2,1-2H3. The lowest BCUT2D eigenvalue weighted by atomic mass is 9.95. The lowest BCUT2D eigenvalue weighted by Crippen LogP contribution is -2.12. The van der Waals surface area contributed by atoms with Gasteiger partial charge in [-0.15, -0.1) is 0 Å². The van der Waals surface area contributed by atoms with Crippen LogP contribution in [0.1, 0.15) is 36.6 Å². The van der Waals surface area contributed by atoms with Crippen LogP contribution >= 0.6 is 27.5 Å². The van der Waals surface area contributed by atoms with E-state index in [1.165, 1.54) is 5.56 Å². The van der Waals surface area contributed by atoms with Gasteiger partial charge in [-0.3, -0.25) is 0 Å². The van der Waals surface area contributed by atoms with Crippen molar-refractivity contribution in [1.82, 2.24) is 0 Å². The quantitative estimate of drug-likeness (QED) is 0.788. The van der Waals surface area contributed by atoms with Crippen LogP contribution in [0.25, 0.3) is 0 Å². The predicted molar refractivity (Wildman–Crippen MR) is 90.2 cm³/mol. The second-order valence-corrected chi connectivity index (χ2v) is 6.76. The van der Waals surface area contributed by atoms with Crippen molar-refractivity contribution in [1.29, 1.82) is 0 Å². The molecule has 2 N–H and O–H groups in total. The van der Waals surface area contributed by atoms with Crippen molar-refractivity contribution in [2.45, 2.75) is 26.3 Å².